The van der Waals surface area contributed by atoms with Crippen LogP contribution >= 0.6 is 15.9 Å². The smallest absolute Gasteiger partial charge is 0.355 e. The standard InChI is InChI=1S/C9H8BrF3N2/c10-6-2-1-5-14-7(6)15-8(3-4-8)9(11,12)13/h1-2,5H,3-4H2,(H,14,15). The molecule has 0 spiro atoms. The van der Waals surface area contributed by atoms with E-state index in [2.05, 4.69) is 26.2 Å². The summed E-state index contributed by atoms with van der Waals surface area (Å²) in [5, 5.41) is 2.45. The molecule has 2 nitrogen and oxygen atoms in total. The summed E-state index contributed by atoms with van der Waals surface area (Å²) in [6, 6.07) is 3.31. The summed E-state index contributed by atoms with van der Waals surface area (Å²) in [5.41, 5.74) is -1.76. The van der Waals surface area contributed by atoms with E-state index in [1.54, 1.807) is 12.1 Å². The SMILES string of the molecule is FC(F)(F)C1(Nc2ncccc2Br)CC1. The number of anilines is 1. The summed E-state index contributed by atoms with van der Waals surface area (Å²) in [6.07, 6.45) is -2.54. The third kappa shape index (κ3) is 1.95. The van der Waals surface area contributed by atoms with E-state index >= 15 is 0 Å². The Hall–Kier alpha value is -0.780. The summed E-state index contributed by atoms with van der Waals surface area (Å²) in [4.78, 5) is 3.86. The molecule has 6 heteroatoms. The van der Waals surface area contributed by atoms with Gasteiger partial charge in [-0.1, -0.05) is 0 Å². The van der Waals surface area contributed by atoms with Gasteiger partial charge in [-0.05, 0) is 40.9 Å². The predicted octanol–water partition coefficient (Wildman–Crippen LogP) is 3.35. The van der Waals surface area contributed by atoms with Gasteiger partial charge in [0.15, 0.2) is 0 Å². The molecule has 82 valence electrons. The van der Waals surface area contributed by atoms with Gasteiger partial charge in [-0.3, -0.25) is 0 Å². The van der Waals surface area contributed by atoms with E-state index in [-0.39, 0.29) is 18.7 Å². The van der Waals surface area contributed by atoms with Crippen LogP contribution < -0.4 is 5.32 Å². The van der Waals surface area contributed by atoms with Gasteiger partial charge in [0.05, 0.1) is 4.47 Å². The number of nitrogens with one attached hydrogen (secondary N) is 1. The fraction of sp³-hybridized carbons (Fsp3) is 0.444. The molecule has 15 heavy (non-hydrogen) atoms. The van der Waals surface area contributed by atoms with E-state index in [0.29, 0.717) is 4.47 Å². The van der Waals surface area contributed by atoms with Crippen LogP contribution in [0.2, 0.25) is 0 Å². The number of rotatable bonds is 2. The Kier molecular flexibility index (Phi) is 2.41. The molecular formula is C9H8BrF3N2. The largest absolute Gasteiger partial charge is 0.411 e. The Balaban J connectivity index is 2.20. The number of halogens is 4. The highest BCUT2D eigenvalue weighted by Crippen LogP contribution is 2.51. The maximum absolute atomic E-state index is 12.6. The van der Waals surface area contributed by atoms with Gasteiger partial charge in [0, 0.05) is 6.20 Å². The molecular weight excluding hydrogens is 273 g/mol. The Morgan fingerprint density at radius 1 is 1.40 bits per heavy atom. The lowest BCUT2D eigenvalue weighted by Crippen LogP contribution is -2.39. The minimum Gasteiger partial charge on any atom is -0.355 e. The molecule has 1 aromatic rings. The molecule has 0 saturated heterocycles. The second-order valence-corrected chi connectivity index (χ2v) is 4.39. The van der Waals surface area contributed by atoms with Crippen molar-refractivity contribution in [2.45, 2.75) is 24.6 Å². The Morgan fingerprint density at radius 3 is 2.53 bits per heavy atom. The molecule has 0 aliphatic heterocycles. The minimum atomic E-state index is -4.22. The quantitative estimate of drug-likeness (QED) is 0.899. The lowest BCUT2D eigenvalue weighted by Gasteiger charge is -2.21. The van der Waals surface area contributed by atoms with Crippen molar-refractivity contribution in [1.29, 1.82) is 0 Å². The van der Waals surface area contributed by atoms with Crippen LogP contribution in [-0.2, 0) is 0 Å². The highest BCUT2D eigenvalue weighted by Gasteiger charge is 2.63. The maximum Gasteiger partial charge on any atom is 0.411 e. The van der Waals surface area contributed by atoms with Gasteiger partial charge < -0.3 is 5.32 Å². The number of hydrogen-bond donors (Lipinski definition) is 1. The summed E-state index contributed by atoms with van der Waals surface area (Å²) in [7, 11) is 0. The van der Waals surface area contributed by atoms with Crippen LogP contribution in [0.25, 0.3) is 0 Å². The highest BCUT2D eigenvalue weighted by atomic mass is 79.9. The molecule has 0 bridgehead atoms. The normalized spacial score (nSPS) is 18.7. The molecule has 1 aromatic heterocycles. The zero-order valence-corrected chi connectivity index (χ0v) is 9.19. The van der Waals surface area contributed by atoms with Crippen LogP contribution in [0.4, 0.5) is 19.0 Å². The highest BCUT2D eigenvalue weighted by molar-refractivity contribution is 9.10. The minimum absolute atomic E-state index is 0.111. The van der Waals surface area contributed by atoms with Crippen molar-refractivity contribution < 1.29 is 13.2 Å². The number of nitrogens with zero attached hydrogens (tertiary/aromatic N) is 1. The first-order valence-corrected chi connectivity index (χ1v) is 5.19. The van der Waals surface area contributed by atoms with Crippen LogP contribution in [0.1, 0.15) is 12.8 Å². The molecule has 0 aromatic carbocycles. The van der Waals surface area contributed by atoms with Crippen LogP contribution in [0.5, 0.6) is 0 Å². The van der Waals surface area contributed by atoms with Gasteiger partial charge in [-0.25, -0.2) is 4.98 Å². The fourth-order valence-corrected chi connectivity index (χ4v) is 1.66. The van der Waals surface area contributed by atoms with E-state index in [1.165, 1.54) is 6.20 Å². The van der Waals surface area contributed by atoms with E-state index in [1.807, 2.05) is 0 Å². The van der Waals surface area contributed by atoms with Crippen molar-refractivity contribution in [3.63, 3.8) is 0 Å². The number of hydrogen-bond acceptors (Lipinski definition) is 2. The van der Waals surface area contributed by atoms with Crippen molar-refractivity contribution in [1.82, 2.24) is 4.98 Å². The molecule has 1 saturated carbocycles. The van der Waals surface area contributed by atoms with Crippen molar-refractivity contribution in [2.75, 3.05) is 5.32 Å². The van der Waals surface area contributed by atoms with Crippen LogP contribution in [-0.4, -0.2) is 16.7 Å². The molecule has 0 atom stereocenters. The van der Waals surface area contributed by atoms with E-state index < -0.39 is 11.7 Å². The molecule has 1 aliphatic carbocycles. The van der Waals surface area contributed by atoms with Gasteiger partial charge in [-0.2, -0.15) is 13.2 Å². The predicted molar refractivity (Wildman–Crippen MR) is 53.6 cm³/mol. The van der Waals surface area contributed by atoms with Gasteiger partial charge in [0.1, 0.15) is 11.4 Å². The molecule has 1 heterocycles. The topological polar surface area (TPSA) is 24.9 Å². The lowest BCUT2D eigenvalue weighted by molar-refractivity contribution is -0.151. The molecule has 1 N–H and O–H groups in total. The van der Waals surface area contributed by atoms with Gasteiger partial charge in [-0.15, -0.1) is 0 Å². The van der Waals surface area contributed by atoms with Gasteiger partial charge in [0.25, 0.3) is 0 Å². The molecule has 0 radical (unpaired) electrons. The number of pyridine rings is 1. The average molecular weight is 281 g/mol. The second-order valence-electron chi connectivity index (χ2n) is 3.54. The first-order chi connectivity index (χ1) is 6.95. The van der Waals surface area contributed by atoms with Crippen LogP contribution in [0.15, 0.2) is 22.8 Å². The van der Waals surface area contributed by atoms with E-state index in [0.717, 1.165) is 0 Å². The average Bonchev–Trinajstić information content (AvgIpc) is 2.89. The Labute approximate surface area is 93.0 Å². The van der Waals surface area contributed by atoms with E-state index in [9.17, 15) is 13.2 Å². The Morgan fingerprint density at radius 2 is 2.07 bits per heavy atom. The van der Waals surface area contributed by atoms with Crippen molar-refractivity contribution in [2.24, 2.45) is 0 Å². The summed E-state index contributed by atoms with van der Waals surface area (Å²) in [6.45, 7) is 0. The van der Waals surface area contributed by atoms with Crippen LogP contribution in [0, 0.1) is 0 Å². The van der Waals surface area contributed by atoms with Gasteiger partial charge >= 0.3 is 6.18 Å². The van der Waals surface area contributed by atoms with E-state index in [4.69, 9.17) is 0 Å². The molecule has 1 aliphatic rings. The molecule has 2 rings (SSSR count). The first kappa shape index (κ1) is 10.7. The first-order valence-electron chi connectivity index (χ1n) is 4.40. The number of alkyl halides is 3. The maximum atomic E-state index is 12.6. The summed E-state index contributed by atoms with van der Waals surface area (Å²) >= 11 is 3.15. The fourth-order valence-electron chi connectivity index (χ4n) is 1.31. The van der Waals surface area contributed by atoms with Crippen molar-refractivity contribution in [3.05, 3.63) is 22.8 Å². The third-order valence-corrected chi connectivity index (χ3v) is 3.05. The third-order valence-electron chi connectivity index (χ3n) is 2.41. The van der Waals surface area contributed by atoms with Crippen molar-refractivity contribution >= 4 is 21.7 Å². The van der Waals surface area contributed by atoms with Crippen molar-refractivity contribution in [3.8, 4) is 0 Å². The zero-order valence-electron chi connectivity index (χ0n) is 7.61. The molecule has 0 amide bonds. The van der Waals surface area contributed by atoms with Crippen LogP contribution in [0.3, 0.4) is 0 Å². The molecule has 1 fully saturated rings. The van der Waals surface area contributed by atoms with Gasteiger partial charge in [0.2, 0.25) is 0 Å². The lowest BCUT2D eigenvalue weighted by atomic mass is 10.2. The number of aromatic nitrogens is 1. The Bertz CT molecular complexity index is 374. The zero-order chi connectivity index (χ0) is 11.1. The second kappa shape index (κ2) is 3.37. The molecule has 0 unspecified atom stereocenters. The summed E-state index contributed by atoms with van der Waals surface area (Å²) < 4.78 is 38.4. The summed E-state index contributed by atoms with van der Waals surface area (Å²) in [5.74, 6) is 0.243. The monoisotopic (exact) mass is 280 g/mol.